The van der Waals surface area contributed by atoms with E-state index in [4.69, 9.17) is 0 Å². The van der Waals surface area contributed by atoms with Crippen molar-refractivity contribution in [1.29, 1.82) is 0 Å². The second-order valence-electron chi connectivity index (χ2n) is 13.5. The van der Waals surface area contributed by atoms with Crippen molar-refractivity contribution >= 4 is 66.8 Å². The van der Waals surface area contributed by atoms with Crippen molar-refractivity contribution in [3.63, 3.8) is 0 Å². The summed E-state index contributed by atoms with van der Waals surface area (Å²) in [7, 11) is 11.9. The third-order valence-electron chi connectivity index (χ3n) is 10.7. The van der Waals surface area contributed by atoms with Gasteiger partial charge >= 0.3 is 0 Å². The van der Waals surface area contributed by atoms with Crippen molar-refractivity contribution in [2.75, 3.05) is 41.4 Å². The number of fused-ring (bicyclic) bond motifs is 6. The number of unbranched alkanes of at least 4 members (excludes halogenated alkanes) is 4. The molecule has 0 aliphatic carbocycles. The Morgan fingerprint density at radius 2 is 0.714 bits per heavy atom. The summed E-state index contributed by atoms with van der Waals surface area (Å²) in [5.74, 6) is -0.765. The van der Waals surface area contributed by atoms with Crippen LogP contribution < -0.4 is 0 Å². The Kier molecular flexibility index (Phi) is 10.4. The molecular formula is C35H44N4O6S4. The van der Waals surface area contributed by atoms with Gasteiger partial charge in [0.15, 0.2) is 9.74 Å². The number of piperazine rings is 2. The molecule has 6 fully saturated rings. The number of hydrogen-bond acceptors (Lipinski definition) is 10. The predicted molar refractivity (Wildman–Crippen MR) is 197 cm³/mol. The molecule has 4 atom stereocenters. The van der Waals surface area contributed by atoms with E-state index in [0.29, 0.717) is 12.8 Å². The van der Waals surface area contributed by atoms with Gasteiger partial charge in [0.05, 0.1) is 13.2 Å². The molecule has 0 radical (unpaired) electrons. The molecule has 6 saturated heterocycles. The van der Waals surface area contributed by atoms with E-state index in [-0.39, 0.29) is 23.6 Å². The van der Waals surface area contributed by atoms with E-state index in [1.54, 1.807) is 28.2 Å². The molecule has 0 saturated carbocycles. The molecule has 4 amide bonds. The zero-order chi connectivity index (χ0) is 35.2. The molecule has 2 aromatic rings. The van der Waals surface area contributed by atoms with Gasteiger partial charge in [-0.1, -0.05) is 89.4 Å². The van der Waals surface area contributed by atoms with E-state index in [1.807, 2.05) is 0 Å². The maximum absolute atomic E-state index is 13.3. The van der Waals surface area contributed by atoms with Crippen LogP contribution in [0.4, 0.5) is 0 Å². The highest BCUT2D eigenvalue weighted by Crippen LogP contribution is 2.60. The molecular weight excluding hydrogens is 701 g/mol. The topological polar surface area (TPSA) is 122 Å². The van der Waals surface area contributed by atoms with Gasteiger partial charge in [0, 0.05) is 41.0 Å². The molecule has 4 bridgehead atoms. The summed E-state index contributed by atoms with van der Waals surface area (Å²) < 4.78 is 0. The number of likely N-dealkylation sites (N-methyl/N-ethyl adjacent to an activating group) is 4. The Labute approximate surface area is 303 Å². The molecule has 0 spiro atoms. The molecule has 264 valence electrons. The van der Waals surface area contributed by atoms with Gasteiger partial charge in [-0.05, 0) is 69.5 Å². The summed E-state index contributed by atoms with van der Waals surface area (Å²) >= 11 is 0. The fourth-order valence-electron chi connectivity index (χ4n) is 7.16. The van der Waals surface area contributed by atoms with Crippen molar-refractivity contribution in [2.24, 2.45) is 0 Å². The van der Waals surface area contributed by atoms with E-state index >= 15 is 0 Å². The van der Waals surface area contributed by atoms with Crippen LogP contribution in [-0.2, 0) is 44.9 Å². The van der Waals surface area contributed by atoms with Crippen molar-refractivity contribution < 1.29 is 29.4 Å². The highest BCUT2D eigenvalue weighted by Gasteiger charge is 2.68. The molecule has 6 heterocycles. The van der Waals surface area contributed by atoms with Crippen LogP contribution in [0.1, 0.15) is 54.4 Å². The summed E-state index contributed by atoms with van der Waals surface area (Å²) in [5.41, 5.74) is 4.53. The van der Waals surface area contributed by atoms with Crippen LogP contribution >= 0.6 is 43.2 Å². The van der Waals surface area contributed by atoms with Crippen LogP contribution in [0.3, 0.4) is 0 Å². The molecule has 6 aliphatic rings. The van der Waals surface area contributed by atoms with Gasteiger partial charge in [0.2, 0.25) is 9.74 Å². The van der Waals surface area contributed by atoms with E-state index in [1.165, 1.54) is 80.3 Å². The van der Waals surface area contributed by atoms with Crippen molar-refractivity contribution in [3.05, 3.63) is 70.8 Å². The number of amides is 4. The Morgan fingerprint density at radius 3 is 1.06 bits per heavy atom. The highest BCUT2D eigenvalue weighted by molar-refractivity contribution is 8.78. The number of carbonyl (C=O) groups excluding carboxylic acids is 4. The van der Waals surface area contributed by atoms with Crippen LogP contribution in [0, 0.1) is 0 Å². The maximum Gasteiger partial charge on any atom is 0.263 e. The van der Waals surface area contributed by atoms with Crippen LogP contribution in [0.25, 0.3) is 0 Å². The second-order valence-corrected chi connectivity index (χ2v) is 18.9. The lowest BCUT2D eigenvalue weighted by Gasteiger charge is -2.58. The predicted octanol–water partition coefficient (Wildman–Crippen LogP) is 3.93. The molecule has 49 heavy (non-hydrogen) atoms. The van der Waals surface area contributed by atoms with E-state index in [0.717, 1.165) is 49.7 Å². The lowest BCUT2D eigenvalue weighted by Crippen LogP contribution is -2.77. The summed E-state index contributed by atoms with van der Waals surface area (Å²) in [4.78, 5) is 54.2. The van der Waals surface area contributed by atoms with E-state index in [9.17, 15) is 29.4 Å². The Hall–Kier alpha value is -2.36. The van der Waals surface area contributed by atoms with Gasteiger partial charge in [0.1, 0.15) is 0 Å². The van der Waals surface area contributed by atoms with Gasteiger partial charge in [0.25, 0.3) is 23.6 Å². The summed E-state index contributed by atoms with van der Waals surface area (Å²) in [6.45, 7) is -0.814. The number of nitrogens with zero attached hydrogens (tertiary/aromatic N) is 4. The normalized spacial score (nSPS) is 29.5. The lowest BCUT2D eigenvalue weighted by atomic mass is 9.96. The summed E-state index contributed by atoms with van der Waals surface area (Å²) in [5, 5.41) is 19.9. The molecule has 6 aliphatic heterocycles. The number of rotatable bonds is 14. The lowest BCUT2D eigenvalue weighted by molar-refractivity contribution is -0.165. The molecule has 14 heteroatoms. The van der Waals surface area contributed by atoms with Crippen LogP contribution in [0.2, 0.25) is 0 Å². The Balaban J connectivity index is 0.915. The Bertz CT molecular complexity index is 1500. The zero-order valence-corrected chi connectivity index (χ0v) is 31.6. The quantitative estimate of drug-likeness (QED) is 0.218. The second kappa shape index (κ2) is 14.0. The SMILES string of the molecule is CN1C(=O)[C@]2(Cc3ccc(CCCCCCCc4ccc(C[C@@]56SS[C@@](CO)(C(=O)N5C)N(C)C6=O)cc4)cc3)SS[C@@]1(CO)C(=O)N2C. The maximum atomic E-state index is 13.3. The number of benzene rings is 2. The van der Waals surface area contributed by atoms with Crippen LogP contribution in [0.15, 0.2) is 48.5 Å². The average Bonchev–Trinajstić information content (AvgIpc) is 3.11. The average molecular weight is 745 g/mol. The number of aliphatic hydroxyl groups is 2. The van der Waals surface area contributed by atoms with Crippen LogP contribution in [-0.4, -0.2) is 114 Å². The minimum absolute atomic E-state index is 0.149. The number of aliphatic hydroxyl groups excluding tert-OH is 2. The minimum atomic E-state index is -1.24. The van der Waals surface area contributed by atoms with E-state index in [2.05, 4.69) is 48.5 Å². The van der Waals surface area contributed by atoms with Gasteiger partial charge < -0.3 is 29.8 Å². The molecule has 2 N–H and O–H groups in total. The first-order valence-electron chi connectivity index (χ1n) is 16.6. The first kappa shape index (κ1) is 36.4. The molecule has 0 aromatic heterocycles. The number of hydrogen-bond donors (Lipinski definition) is 2. The van der Waals surface area contributed by atoms with Crippen molar-refractivity contribution in [1.82, 2.24) is 19.6 Å². The smallest absolute Gasteiger partial charge is 0.263 e. The number of carbonyl (C=O) groups is 4. The monoisotopic (exact) mass is 744 g/mol. The third-order valence-corrected chi connectivity index (χ3v) is 18.1. The van der Waals surface area contributed by atoms with Gasteiger partial charge in [-0.3, -0.25) is 19.2 Å². The van der Waals surface area contributed by atoms with Gasteiger partial charge in [-0.25, -0.2) is 0 Å². The number of aryl methyl sites for hydroxylation is 2. The fourth-order valence-corrected chi connectivity index (χ4v) is 14.4. The zero-order valence-electron chi connectivity index (χ0n) is 28.3. The summed E-state index contributed by atoms with van der Waals surface area (Å²) in [6, 6.07) is 16.7. The fraction of sp³-hybridized carbons (Fsp3) is 0.543. The standard InChI is InChI=1S/C35H44N4O6S4/c1-36-30(44)34(22-40)38(3)28(42)32(36,46-48-34)20-26-16-12-24(13-17-26)10-8-6-5-7-9-11-25-14-18-27(19-15-25)21-33-29(43)39(4)35(23-41,49-47-33)31(45)37(33)2/h12-19,40-41H,5-11,20-23H2,1-4H3/t32-,33-,34-,35-/m0/s1. The Morgan fingerprint density at radius 1 is 0.449 bits per heavy atom. The van der Waals surface area contributed by atoms with Gasteiger partial charge in [-0.15, -0.1) is 0 Å². The minimum Gasteiger partial charge on any atom is -0.392 e. The van der Waals surface area contributed by atoms with Gasteiger partial charge in [-0.2, -0.15) is 0 Å². The van der Waals surface area contributed by atoms with Crippen molar-refractivity contribution in [3.8, 4) is 0 Å². The summed E-state index contributed by atoms with van der Waals surface area (Å²) in [6.07, 6.45) is 8.52. The molecule has 8 rings (SSSR count). The van der Waals surface area contributed by atoms with Crippen LogP contribution in [0.5, 0.6) is 0 Å². The van der Waals surface area contributed by atoms with Crippen molar-refractivity contribution in [2.45, 2.75) is 77.3 Å². The molecule has 2 aromatic carbocycles. The first-order chi connectivity index (χ1) is 23.4. The molecule has 0 unspecified atom stereocenters. The largest absolute Gasteiger partial charge is 0.392 e. The third kappa shape index (κ3) is 5.87. The van der Waals surface area contributed by atoms with E-state index < -0.39 is 32.7 Å². The first-order valence-corrected chi connectivity index (χ1v) is 20.9. The molecule has 10 nitrogen and oxygen atoms in total. The highest BCUT2D eigenvalue weighted by atomic mass is 33.1.